The molecular formula is C20H37NO5S. The molecule has 0 aromatic rings. The van der Waals surface area contributed by atoms with Crippen molar-refractivity contribution < 1.29 is 24.2 Å². The number of alkyl carbamates (subject to hydrolysis) is 1. The lowest BCUT2D eigenvalue weighted by molar-refractivity contribution is -0.157. The highest BCUT2D eigenvalue weighted by atomic mass is 32.2. The van der Waals surface area contributed by atoms with Crippen molar-refractivity contribution in [1.29, 1.82) is 0 Å². The van der Waals surface area contributed by atoms with Crippen LogP contribution < -0.4 is 5.32 Å². The van der Waals surface area contributed by atoms with Gasteiger partial charge in [-0.3, -0.25) is 0 Å². The van der Waals surface area contributed by atoms with Gasteiger partial charge in [0.1, 0.15) is 17.2 Å². The van der Waals surface area contributed by atoms with Gasteiger partial charge in [-0.1, -0.05) is 6.42 Å². The zero-order chi connectivity index (χ0) is 20.7. The van der Waals surface area contributed by atoms with Crippen LogP contribution in [0.4, 0.5) is 4.79 Å². The molecule has 1 fully saturated rings. The number of thioether (sulfide) groups is 1. The van der Waals surface area contributed by atoms with Crippen LogP contribution in [-0.4, -0.2) is 52.5 Å². The first-order valence-electron chi connectivity index (χ1n) is 9.77. The highest BCUT2D eigenvalue weighted by Gasteiger charge is 2.35. The molecule has 1 amide bonds. The number of rotatable bonds is 9. The molecule has 1 atom stereocenters. The molecule has 1 aliphatic rings. The summed E-state index contributed by atoms with van der Waals surface area (Å²) in [6.07, 6.45) is 4.26. The van der Waals surface area contributed by atoms with E-state index in [9.17, 15) is 14.7 Å². The summed E-state index contributed by atoms with van der Waals surface area (Å²) < 4.78 is 10.7. The van der Waals surface area contributed by atoms with Crippen LogP contribution in [0, 0.1) is 5.41 Å². The first-order valence-corrected chi connectivity index (χ1v) is 10.9. The van der Waals surface area contributed by atoms with E-state index in [-0.39, 0.29) is 12.0 Å². The van der Waals surface area contributed by atoms with Crippen molar-refractivity contribution in [1.82, 2.24) is 5.32 Å². The van der Waals surface area contributed by atoms with E-state index in [1.54, 1.807) is 53.3 Å². The molecule has 0 aliphatic heterocycles. The zero-order valence-corrected chi connectivity index (χ0v) is 18.5. The molecule has 2 N–H and O–H groups in total. The number of hydrogen-bond acceptors (Lipinski definition) is 6. The molecule has 0 bridgehead atoms. The fourth-order valence-corrected chi connectivity index (χ4v) is 4.01. The second-order valence-electron chi connectivity index (χ2n) is 9.40. The van der Waals surface area contributed by atoms with Gasteiger partial charge in [-0.25, -0.2) is 9.59 Å². The fraction of sp³-hybridized carbons (Fsp3) is 0.900. The molecule has 1 aliphatic carbocycles. The minimum Gasteiger partial charge on any atom is -0.458 e. The number of hydrogen-bond donors (Lipinski definition) is 2. The van der Waals surface area contributed by atoms with E-state index in [0.717, 1.165) is 30.8 Å². The number of esters is 1. The van der Waals surface area contributed by atoms with Gasteiger partial charge in [0.2, 0.25) is 0 Å². The zero-order valence-electron chi connectivity index (χ0n) is 17.7. The van der Waals surface area contributed by atoms with Crippen molar-refractivity contribution in [2.45, 2.75) is 90.9 Å². The van der Waals surface area contributed by atoms with E-state index in [2.05, 4.69) is 5.32 Å². The Morgan fingerprint density at radius 3 is 2.11 bits per heavy atom. The van der Waals surface area contributed by atoms with Gasteiger partial charge < -0.3 is 19.9 Å². The van der Waals surface area contributed by atoms with Gasteiger partial charge >= 0.3 is 12.1 Å². The highest BCUT2D eigenvalue weighted by Crippen LogP contribution is 2.44. The van der Waals surface area contributed by atoms with Gasteiger partial charge in [-0.15, -0.1) is 0 Å². The summed E-state index contributed by atoms with van der Waals surface area (Å²) in [7, 11) is 0. The van der Waals surface area contributed by atoms with Crippen LogP contribution in [0.5, 0.6) is 0 Å². The van der Waals surface area contributed by atoms with Crippen molar-refractivity contribution in [3.8, 4) is 0 Å². The third kappa shape index (κ3) is 9.70. The molecule has 158 valence electrons. The largest absolute Gasteiger partial charge is 0.458 e. The first-order chi connectivity index (χ1) is 12.4. The van der Waals surface area contributed by atoms with Crippen molar-refractivity contribution in [3.63, 3.8) is 0 Å². The van der Waals surface area contributed by atoms with E-state index in [1.165, 1.54) is 6.42 Å². The van der Waals surface area contributed by atoms with Crippen molar-refractivity contribution >= 4 is 23.8 Å². The van der Waals surface area contributed by atoms with Gasteiger partial charge in [-0.2, -0.15) is 11.8 Å². The Bertz CT molecular complexity index is 486. The smallest absolute Gasteiger partial charge is 0.408 e. The number of ether oxygens (including phenoxy) is 2. The Labute approximate surface area is 168 Å². The molecule has 0 spiro atoms. The maximum atomic E-state index is 12.4. The summed E-state index contributed by atoms with van der Waals surface area (Å²) in [4.78, 5) is 24.5. The average Bonchev–Trinajstić information content (AvgIpc) is 2.44. The molecule has 6 nitrogen and oxygen atoms in total. The molecular weight excluding hydrogens is 366 g/mol. The number of aliphatic hydroxyl groups is 1. The maximum absolute atomic E-state index is 12.4. The average molecular weight is 404 g/mol. The molecule has 0 aromatic heterocycles. The molecule has 0 radical (unpaired) electrons. The number of carbonyl (C=O) groups is 2. The van der Waals surface area contributed by atoms with E-state index >= 15 is 0 Å². The Hall–Kier alpha value is -0.950. The maximum Gasteiger partial charge on any atom is 0.408 e. The van der Waals surface area contributed by atoms with Crippen molar-refractivity contribution in [3.05, 3.63) is 0 Å². The summed E-state index contributed by atoms with van der Waals surface area (Å²) in [6, 6.07) is -0.734. The van der Waals surface area contributed by atoms with Gasteiger partial charge in [0.25, 0.3) is 0 Å². The van der Waals surface area contributed by atoms with E-state index in [4.69, 9.17) is 9.47 Å². The Morgan fingerprint density at radius 1 is 1.07 bits per heavy atom. The summed E-state index contributed by atoms with van der Waals surface area (Å²) >= 11 is 1.74. The Balaban J connectivity index is 2.49. The summed E-state index contributed by atoms with van der Waals surface area (Å²) in [5.74, 6) is 1.22. The number of nitrogens with one attached hydrogen (secondary N) is 1. The van der Waals surface area contributed by atoms with Gasteiger partial charge in [0.05, 0.1) is 0 Å². The number of amides is 1. The Kier molecular flexibility index (Phi) is 8.93. The molecule has 1 rings (SSSR count). The third-order valence-corrected chi connectivity index (χ3v) is 5.48. The number of aliphatic hydroxyl groups excluding tert-OH is 1. The molecule has 0 saturated heterocycles. The van der Waals surface area contributed by atoms with E-state index in [0.29, 0.717) is 6.42 Å². The van der Waals surface area contributed by atoms with Crippen molar-refractivity contribution in [2.75, 3.05) is 18.1 Å². The highest BCUT2D eigenvalue weighted by molar-refractivity contribution is 7.99. The van der Waals surface area contributed by atoms with Crippen molar-refractivity contribution in [2.24, 2.45) is 5.41 Å². The first kappa shape index (κ1) is 24.1. The third-order valence-electron chi connectivity index (χ3n) is 4.46. The van der Waals surface area contributed by atoms with Crippen LogP contribution in [0.2, 0.25) is 0 Å². The van der Waals surface area contributed by atoms with Crippen LogP contribution in [-0.2, 0) is 14.3 Å². The quantitative estimate of drug-likeness (QED) is 0.449. The second kappa shape index (κ2) is 10.0. The molecule has 27 heavy (non-hydrogen) atoms. The van der Waals surface area contributed by atoms with Crippen LogP contribution in [0.15, 0.2) is 0 Å². The Morgan fingerprint density at radius 2 is 1.67 bits per heavy atom. The van der Waals surface area contributed by atoms with E-state index in [1.807, 2.05) is 0 Å². The van der Waals surface area contributed by atoms with Gasteiger partial charge in [0, 0.05) is 6.61 Å². The normalized spacial score (nSPS) is 17.6. The predicted octanol–water partition coefficient (Wildman–Crippen LogP) is 3.90. The van der Waals surface area contributed by atoms with Crippen LogP contribution in [0.25, 0.3) is 0 Å². The molecule has 0 heterocycles. The number of carbonyl (C=O) groups excluding carboxylic acids is 2. The minimum absolute atomic E-state index is 0.117. The summed E-state index contributed by atoms with van der Waals surface area (Å²) in [6.45, 7) is 11.0. The summed E-state index contributed by atoms with van der Waals surface area (Å²) in [5.41, 5.74) is -1.12. The molecule has 0 aromatic carbocycles. The lowest BCUT2D eigenvalue weighted by Gasteiger charge is -2.40. The SMILES string of the molecule is CC(C)(C)OC(=O)N[C@@H](CCSCCC1(CO)CCC1)C(=O)OC(C)(C)C. The topological polar surface area (TPSA) is 84.9 Å². The molecule has 1 saturated carbocycles. The standard InChI is InChI=1S/C20H37NO5S/c1-18(2,3)25-16(23)15(21-17(24)26-19(4,5)6)8-12-27-13-11-20(14-22)9-7-10-20/h15,22H,7-14H2,1-6H3,(H,21,24)/t15-/m0/s1. The lowest BCUT2D eigenvalue weighted by Crippen LogP contribution is -2.46. The second-order valence-corrected chi connectivity index (χ2v) is 10.6. The van der Waals surface area contributed by atoms with E-state index < -0.39 is 29.3 Å². The van der Waals surface area contributed by atoms with Gasteiger partial charge in [-0.05, 0) is 84.1 Å². The molecule has 0 unspecified atom stereocenters. The predicted molar refractivity (Wildman–Crippen MR) is 109 cm³/mol. The van der Waals surface area contributed by atoms with Crippen LogP contribution in [0.1, 0.15) is 73.6 Å². The van der Waals surface area contributed by atoms with Crippen LogP contribution >= 0.6 is 11.8 Å². The summed E-state index contributed by atoms with van der Waals surface area (Å²) in [5, 5.41) is 12.2. The minimum atomic E-state index is -0.734. The molecule has 7 heteroatoms. The lowest BCUT2D eigenvalue weighted by atomic mass is 9.68. The van der Waals surface area contributed by atoms with Crippen LogP contribution in [0.3, 0.4) is 0 Å². The van der Waals surface area contributed by atoms with Gasteiger partial charge in [0.15, 0.2) is 0 Å². The monoisotopic (exact) mass is 403 g/mol. The fourth-order valence-electron chi connectivity index (χ4n) is 2.83.